The van der Waals surface area contributed by atoms with Crippen LogP contribution in [0, 0.1) is 17.5 Å². The third kappa shape index (κ3) is 3.14. The monoisotopic (exact) mass is 339 g/mol. The van der Waals surface area contributed by atoms with Crippen LogP contribution in [0.25, 0.3) is 0 Å². The Hall–Kier alpha value is -1.10. The van der Waals surface area contributed by atoms with Crippen LogP contribution in [-0.4, -0.2) is 0 Å². The minimum absolute atomic E-state index is 0.0297. The molecule has 0 fully saturated rings. The Bertz CT molecular complexity index is 662. The van der Waals surface area contributed by atoms with E-state index in [9.17, 15) is 13.2 Å². The lowest BCUT2D eigenvalue weighted by atomic mass is 10.2. The molecule has 1 N–H and O–H groups in total. The van der Waals surface area contributed by atoms with Crippen molar-refractivity contribution < 1.29 is 13.2 Å². The summed E-state index contributed by atoms with van der Waals surface area (Å²) in [6, 6.07) is 4.33. The molecule has 1 nitrogen and oxygen atoms in total. The normalized spacial score (nSPS) is 10.7. The van der Waals surface area contributed by atoms with E-state index >= 15 is 0 Å². The molecule has 0 aromatic heterocycles. The molecule has 0 spiro atoms. The molecular weight excluding hydrogens is 334 g/mol. The summed E-state index contributed by atoms with van der Waals surface area (Å²) in [7, 11) is 0. The van der Waals surface area contributed by atoms with Gasteiger partial charge in [-0.2, -0.15) is 0 Å². The van der Waals surface area contributed by atoms with E-state index < -0.39 is 17.5 Å². The third-order valence-electron chi connectivity index (χ3n) is 2.59. The molecule has 0 unspecified atom stereocenters. The highest BCUT2D eigenvalue weighted by molar-refractivity contribution is 6.44. The van der Waals surface area contributed by atoms with Crippen molar-refractivity contribution in [2.24, 2.45) is 0 Å². The number of hydrogen-bond donors (Lipinski definition) is 1. The Balaban J connectivity index is 2.28. The molecule has 0 amide bonds. The first-order chi connectivity index (χ1) is 9.40. The lowest BCUT2D eigenvalue weighted by molar-refractivity contribution is 0.497. The van der Waals surface area contributed by atoms with Crippen LogP contribution in [0.4, 0.5) is 18.9 Å². The van der Waals surface area contributed by atoms with Gasteiger partial charge in [0.1, 0.15) is 5.82 Å². The third-order valence-corrected chi connectivity index (χ3v) is 3.79. The Labute approximate surface area is 128 Å². The van der Waals surface area contributed by atoms with Gasteiger partial charge in [0.25, 0.3) is 0 Å². The number of hydrogen-bond acceptors (Lipinski definition) is 1. The van der Waals surface area contributed by atoms with Gasteiger partial charge in [-0.25, -0.2) is 13.2 Å². The molecule has 0 saturated carbocycles. The summed E-state index contributed by atoms with van der Waals surface area (Å²) >= 11 is 17.8. The highest BCUT2D eigenvalue weighted by atomic mass is 35.5. The van der Waals surface area contributed by atoms with Crippen LogP contribution in [0.5, 0.6) is 0 Å². The first-order valence-corrected chi connectivity index (χ1v) is 6.54. The van der Waals surface area contributed by atoms with Gasteiger partial charge in [0, 0.05) is 29.3 Å². The second-order valence-electron chi connectivity index (χ2n) is 3.92. The molecular formula is C13H7Cl3F3N. The molecule has 0 heterocycles. The number of halogens is 6. The Morgan fingerprint density at radius 1 is 0.950 bits per heavy atom. The van der Waals surface area contributed by atoms with Crippen LogP contribution in [0.3, 0.4) is 0 Å². The zero-order valence-electron chi connectivity index (χ0n) is 9.78. The summed E-state index contributed by atoms with van der Waals surface area (Å²) in [5.41, 5.74) is 0.0829. The Morgan fingerprint density at radius 2 is 1.60 bits per heavy atom. The molecule has 0 atom stereocenters. The molecule has 0 saturated heterocycles. The van der Waals surface area contributed by atoms with Gasteiger partial charge in [0.15, 0.2) is 11.6 Å². The minimum Gasteiger partial charge on any atom is -0.378 e. The fourth-order valence-corrected chi connectivity index (χ4v) is 2.28. The van der Waals surface area contributed by atoms with Crippen LogP contribution in [0.1, 0.15) is 5.56 Å². The molecule has 0 aliphatic carbocycles. The fraction of sp³-hybridized carbons (Fsp3) is 0.0769. The summed E-state index contributed by atoms with van der Waals surface area (Å²) in [6.45, 7) is -0.0297. The van der Waals surface area contributed by atoms with E-state index in [0.717, 1.165) is 6.07 Å². The van der Waals surface area contributed by atoms with Crippen LogP contribution in [-0.2, 0) is 6.54 Å². The molecule has 20 heavy (non-hydrogen) atoms. The largest absolute Gasteiger partial charge is 0.378 e. The van der Waals surface area contributed by atoms with Crippen molar-refractivity contribution in [2.75, 3.05) is 5.32 Å². The summed E-state index contributed by atoms with van der Waals surface area (Å²) in [5.74, 6) is -3.36. The molecule has 2 aromatic carbocycles. The van der Waals surface area contributed by atoms with E-state index in [0.29, 0.717) is 16.7 Å². The Kier molecular flexibility index (Phi) is 4.68. The van der Waals surface area contributed by atoms with E-state index in [1.807, 2.05) is 0 Å². The highest BCUT2D eigenvalue weighted by Crippen LogP contribution is 2.32. The molecule has 0 radical (unpaired) electrons. The van der Waals surface area contributed by atoms with E-state index in [1.165, 1.54) is 12.1 Å². The molecule has 0 bridgehead atoms. The average molecular weight is 341 g/mol. The standard InChI is InChI=1S/C13H7Cl3F3N/c14-8-1-2-9(15)12(16)7(8)5-20-11-4-6(17)3-10(18)13(11)19/h1-4,20H,5H2. The Morgan fingerprint density at radius 3 is 2.30 bits per heavy atom. The SMILES string of the molecule is Fc1cc(F)c(F)c(NCc2c(Cl)ccc(Cl)c2Cl)c1. The van der Waals surface area contributed by atoms with Gasteiger partial charge in [-0.3, -0.25) is 0 Å². The topological polar surface area (TPSA) is 12.0 Å². The van der Waals surface area contributed by atoms with E-state index in [2.05, 4.69) is 5.32 Å². The maximum absolute atomic E-state index is 13.5. The molecule has 0 aliphatic rings. The van der Waals surface area contributed by atoms with Crippen LogP contribution < -0.4 is 5.32 Å². The smallest absolute Gasteiger partial charge is 0.182 e. The quantitative estimate of drug-likeness (QED) is 0.709. The number of benzene rings is 2. The summed E-state index contributed by atoms with van der Waals surface area (Å²) in [6.07, 6.45) is 0. The maximum Gasteiger partial charge on any atom is 0.182 e. The van der Waals surface area contributed by atoms with Gasteiger partial charge in [0.2, 0.25) is 0 Å². The van der Waals surface area contributed by atoms with Crippen LogP contribution in [0.15, 0.2) is 24.3 Å². The van der Waals surface area contributed by atoms with Crippen molar-refractivity contribution in [3.05, 3.63) is 62.3 Å². The van der Waals surface area contributed by atoms with E-state index in [-0.39, 0.29) is 22.3 Å². The van der Waals surface area contributed by atoms with Gasteiger partial charge in [0.05, 0.1) is 15.7 Å². The molecule has 106 valence electrons. The zero-order valence-corrected chi connectivity index (χ0v) is 12.1. The fourth-order valence-electron chi connectivity index (χ4n) is 1.60. The zero-order chi connectivity index (χ0) is 14.9. The summed E-state index contributed by atoms with van der Waals surface area (Å²) in [4.78, 5) is 0. The molecule has 0 aliphatic heterocycles. The highest BCUT2D eigenvalue weighted by Gasteiger charge is 2.13. The predicted molar refractivity (Wildman–Crippen MR) is 75.1 cm³/mol. The van der Waals surface area contributed by atoms with Crippen molar-refractivity contribution in [1.82, 2.24) is 0 Å². The summed E-state index contributed by atoms with van der Waals surface area (Å²) in [5, 5.41) is 3.32. The number of anilines is 1. The average Bonchev–Trinajstić information content (AvgIpc) is 2.39. The van der Waals surface area contributed by atoms with E-state index in [4.69, 9.17) is 34.8 Å². The minimum atomic E-state index is -1.28. The molecule has 2 rings (SSSR count). The lowest BCUT2D eigenvalue weighted by Crippen LogP contribution is -2.05. The number of nitrogens with one attached hydrogen (secondary N) is 1. The second kappa shape index (κ2) is 6.12. The van der Waals surface area contributed by atoms with Gasteiger partial charge < -0.3 is 5.32 Å². The van der Waals surface area contributed by atoms with Crippen LogP contribution >= 0.6 is 34.8 Å². The van der Waals surface area contributed by atoms with E-state index in [1.54, 1.807) is 0 Å². The molecule has 7 heteroatoms. The first kappa shape index (κ1) is 15.3. The van der Waals surface area contributed by atoms with Crippen molar-refractivity contribution in [2.45, 2.75) is 6.54 Å². The van der Waals surface area contributed by atoms with Crippen molar-refractivity contribution >= 4 is 40.5 Å². The van der Waals surface area contributed by atoms with Crippen molar-refractivity contribution in [3.8, 4) is 0 Å². The predicted octanol–water partition coefficient (Wildman–Crippen LogP) is 5.68. The van der Waals surface area contributed by atoms with Gasteiger partial charge in [-0.1, -0.05) is 34.8 Å². The van der Waals surface area contributed by atoms with Gasteiger partial charge >= 0.3 is 0 Å². The van der Waals surface area contributed by atoms with Gasteiger partial charge in [-0.05, 0) is 12.1 Å². The summed E-state index contributed by atoms with van der Waals surface area (Å²) < 4.78 is 39.6. The van der Waals surface area contributed by atoms with Crippen LogP contribution in [0.2, 0.25) is 15.1 Å². The van der Waals surface area contributed by atoms with Crippen molar-refractivity contribution in [3.63, 3.8) is 0 Å². The van der Waals surface area contributed by atoms with Crippen molar-refractivity contribution in [1.29, 1.82) is 0 Å². The van der Waals surface area contributed by atoms with Gasteiger partial charge in [-0.15, -0.1) is 0 Å². The lowest BCUT2D eigenvalue weighted by Gasteiger charge is -2.12. The number of rotatable bonds is 3. The maximum atomic E-state index is 13.5. The molecule has 2 aromatic rings. The first-order valence-electron chi connectivity index (χ1n) is 5.41. The second-order valence-corrected chi connectivity index (χ2v) is 5.12.